The monoisotopic (exact) mass is 274 g/mol. The van der Waals surface area contributed by atoms with Crippen LogP contribution in [0.25, 0.3) is 0 Å². The molecule has 1 aliphatic rings. The largest absolute Gasteiger partial charge is 0.350 e. The van der Waals surface area contributed by atoms with Gasteiger partial charge in [0.15, 0.2) is 0 Å². The van der Waals surface area contributed by atoms with Crippen LogP contribution in [0, 0.1) is 0 Å². The van der Waals surface area contributed by atoms with Crippen molar-refractivity contribution < 1.29 is 13.2 Å². The maximum absolute atomic E-state index is 11.8. The van der Waals surface area contributed by atoms with Crippen molar-refractivity contribution in [2.75, 3.05) is 18.8 Å². The molecule has 1 amide bonds. The Morgan fingerprint density at radius 2 is 2.00 bits per heavy atom. The summed E-state index contributed by atoms with van der Waals surface area (Å²) in [5, 5.41) is 2.88. The van der Waals surface area contributed by atoms with Gasteiger partial charge in [0.2, 0.25) is 15.9 Å². The normalized spacial score (nSPS) is 19.2. The molecule has 1 fully saturated rings. The summed E-state index contributed by atoms with van der Waals surface area (Å²) in [7, 11) is -3.09. The Kier molecular flexibility index (Phi) is 5.81. The molecule has 0 radical (unpaired) electrons. The van der Waals surface area contributed by atoms with Gasteiger partial charge in [-0.15, -0.1) is 0 Å². The van der Waals surface area contributed by atoms with Crippen LogP contribution in [-0.4, -0.2) is 43.5 Å². The van der Waals surface area contributed by atoms with Gasteiger partial charge in [-0.3, -0.25) is 4.79 Å². The van der Waals surface area contributed by atoms with Crippen LogP contribution in [0.1, 0.15) is 33.1 Å². The molecule has 0 unspecified atom stereocenters. The fourth-order valence-electron chi connectivity index (χ4n) is 2.07. The van der Waals surface area contributed by atoms with Crippen LogP contribution in [0.2, 0.25) is 0 Å². The zero-order valence-corrected chi connectivity index (χ0v) is 11.9. The molecule has 104 valence electrons. The lowest BCUT2D eigenvalue weighted by atomic mass is 10.1. The van der Waals surface area contributed by atoms with E-state index in [4.69, 9.17) is 0 Å². The lowest BCUT2D eigenvalue weighted by Crippen LogP contribution is -2.46. The van der Waals surface area contributed by atoms with Crippen molar-refractivity contribution in [3.05, 3.63) is 12.2 Å². The van der Waals surface area contributed by atoms with E-state index in [0.717, 1.165) is 0 Å². The molecule has 0 aromatic carbocycles. The number of allylic oxidation sites excluding steroid dienone is 1. The van der Waals surface area contributed by atoms with E-state index < -0.39 is 10.0 Å². The van der Waals surface area contributed by atoms with Gasteiger partial charge in [-0.1, -0.05) is 13.0 Å². The van der Waals surface area contributed by atoms with Crippen LogP contribution in [0.5, 0.6) is 0 Å². The fraction of sp³-hybridized carbons (Fsp3) is 0.750. The summed E-state index contributed by atoms with van der Waals surface area (Å²) in [4.78, 5) is 11.4. The molecule has 1 aliphatic heterocycles. The number of carbonyl (C=O) groups is 1. The highest BCUT2D eigenvalue weighted by Gasteiger charge is 2.27. The van der Waals surface area contributed by atoms with E-state index in [2.05, 4.69) is 5.32 Å². The number of carbonyl (C=O) groups excluding carboxylic acids is 1. The molecule has 1 heterocycles. The number of piperidine rings is 1. The lowest BCUT2D eigenvalue weighted by Gasteiger charge is -2.31. The van der Waals surface area contributed by atoms with Gasteiger partial charge < -0.3 is 5.32 Å². The van der Waals surface area contributed by atoms with E-state index in [1.54, 1.807) is 13.0 Å². The minimum absolute atomic E-state index is 0.0850. The Morgan fingerprint density at radius 3 is 2.50 bits per heavy atom. The molecule has 1 N–H and O–H groups in total. The van der Waals surface area contributed by atoms with Crippen LogP contribution in [0.3, 0.4) is 0 Å². The Hall–Kier alpha value is -0.880. The molecule has 18 heavy (non-hydrogen) atoms. The van der Waals surface area contributed by atoms with Gasteiger partial charge >= 0.3 is 0 Å². The van der Waals surface area contributed by atoms with Crippen LogP contribution < -0.4 is 5.32 Å². The third-order valence-electron chi connectivity index (χ3n) is 2.97. The van der Waals surface area contributed by atoms with Crippen LogP contribution >= 0.6 is 0 Å². The minimum Gasteiger partial charge on any atom is -0.350 e. The number of nitrogens with one attached hydrogen (secondary N) is 1. The second-order valence-electron chi connectivity index (χ2n) is 4.50. The van der Waals surface area contributed by atoms with Crippen molar-refractivity contribution in [1.29, 1.82) is 0 Å². The summed E-state index contributed by atoms with van der Waals surface area (Å²) in [6, 6.07) is 0.0850. The number of sulfonamides is 1. The van der Waals surface area contributed by atoms with Crippen molar-refractivity contribution in [2.45, 2.75) is 39.2 Å². The third-order valence-corrected chi connectivity index (χ3v) is 5.05. The minimum atomic E-state index is -3.09. The molecule has 0 atom stereocenters. The van der Waals surface area contributed by atoms with Crippen molar-refractivity contribution >= 4 is 15.9 Å². The molecule has 0 aliphatic carbocycles. The molecule has 5 nitrogen and oxygen atoms in total. The average Bonchev–Trinajstić information content (AvgIpc) is 2.30. The van der Waals surface area contributed by atoms with E-state index in [1.165, 1.54) is 10.4 Å². The highest BCUT2D eigenvalue weighted by Crippen LogP contribution is 2.15. The smallest absolute Gasteiger partial charge is 0.243 e. The highest BCUT2D eigenvalue weighted by molar-refractivity contribution is 7.89. The first kappa shape index (κ1) is 15.2. The zero-order valence-electron chi connectivity index (χ0n) is 11.1. The standard InChI is InChI=1S/C12H22N2O3S/c1-3-5-12(15)13-11-6-8-14(9-7-11)18(16,17)10-4-2/h3,5,11H,4,6-10H2,1-2H3,(H,13,15). The number of amides is 1. The second kappa shape index (κ2) is 6.89. The van der Waals surface area contributed by atoms with Gasteiger partial charge in [-0.05, 0) is 32.3 Å². The van der Waals surface area contributed by atoms with Gasteiger partial charge in [0.1, 0.15) is 0 Å². The highest BCUT2D eigenvalue weighted by atomic mass is 32.2. The lowest BCUT2D eigenvalue weighted by molar-refractivity contribution is -0.117. The van der Waals surface area contributed by atoms with E-state index in [1.807, 2.05) is 6.92 Å². The quantitative estimate of drug-likeness (QED) is 0.757. The Bertz CT molecular complexity index is 396. The fourth-order valence-corrected chi connectivity index (χ4v) is 3.61. The van der Waals surface area contributed by atoms with Crippen molar-refractivity contribution in [3.63, 3.8) is 0 Å². The van der Waals surface area contributed by atoms with Crippen molar-refractivity contribution in [1.82, 2.24) is 9.62 Å². The van der Waals surface area contributed by atoms with Crippen LogP contribution in [-0.2, 0) is 14.8 Å². The van der Waals surface area contributed by atoms with Gasteiger partial charge in [0, 0.05) is 19.1 Å². The molecule has 1 rings (SSSR count). The molecule has 0 aromatic rings. The molecule has 1 saturated heterocycles. The molecule has 0 saturated carbocycles. The number of rotatable bonds is 5. The first-order chi connectivity index (χ1) is 8.49. The zero-order chi connectivity index (χ0) is 13.6. The summed E-state index contributed by atoms with van der Waals surface area (Å²) in [6.45, 7) is 4.66. The van der Waals surface area contributed by atoms with E-state index in [9.17, 15) is 13.2 Å². The summed E-state index contributed by atoms with van der Waals surface area (Å²) in [5.41, 5.74) is 0. The number of hydrogen-bond donors (Lipinski definition) is 1. The molecular formula is C12H22N2O3S. The summed E-state index contributed by atoms with van der Waals surface area (Å²) in [6.07, 6.45) is 5.19. The van der Waals surface area contributed by atoms with Gasteiger partial charge in [0.25, 0.3) is 0 Å². The van der Waals surface area contributed by atoms with E-state index in [-0.39, 0.29) is 17.7 Å². The van der Waals surface area contributed by atoms with Crippen molar-refractivity contribution in [2.24, 2.45) is 0 Å². The van der Waals surface area contributed by atoms with Gasteiger partial charge in [-0.2, -0.15) is 0 Å². The molecule has 0 bridgehead atoms. The summed E-state index contributed by atoms with van der Waals surface area (Å²) in [5.74, 6) is 0.107. The summed E-state index contributed by atoms with van der Waals surface area (Å²) < 4.78 is 25.2. The van der Waals surface area contributed by atoms with Crippen molar-refractivity contribution in [3.8, 4) is 0 Å². The molecule has 0 aromatic heterocycles. The van der Waals surface area contributed by atoms with Gasteiger partial charge in [-0.25, -0.2) is 12.7 Å². The molecule has 0 spiro atoms. The van der Waals surface area contributed by atoms with Crippen LogP contribution in [0.4, 0.5) is 0 Å². The van der Waals surface area contributed by atoms with E-state index >= 15 is 0 Å². The topological polar surface area (TPSA) is 66.5 Å². The maximum Gasteiger partial charge on any atom is 0.243 e. The molecular weight excluding hydrogens is 252 g/mol. The second-order valence-corrected chi connectivity index (χ2v) is 6.59. The Morgan fingerprint density at radius 1 is 1.39 bits per heavy atom. The Balaban J connectivity index is 2.44. The predicted octanol–water partition coefficient (Wildman–Crippen LogP) is 0.883. The molecule has 6 heteroatoms. The average molecular weight is 274 g/mol. The maximum atomic E-state index is 11.8. The SMILES string of the molecule is CC=CC(=O)NC1CCN(S(=O)(=O)CCC)CC1. The first-order valence-electron chi connectivity index (χ1n) is 6.40. The predicted molar refractivity (Wildman–Crippen MR) is 71.6 cm³/mol. The van der Waals surface area contributed by atoms with Crippen LogP contribution in [0.15, 0.2) is 12.2 Å². The third kappa shape index (κ3) is 4.42. The van der Waals surface area contributed by atoms with E-state index in [0.29, 0.717) is 32.4 Å². The number of nitrogens with zero attached hydrogens (tertiary/aromatic N) is 1. The van der Waals surface area contributed by atoms with Gasteiger partial charge in [0.05, 0.1) is 5.75 Å². The Labute approximate surface area is 109 Å². The number of hydrogen-bond acceptors (Lipinski definition) is 3. The first-order valence-corrected chi connectivity index (χ1v) is 8.01. The summed E-state index contributed by atoms with van der Waals surface area (Å²) >= 11 is 0.